The highest BCUT2D eigenvalue weighted by molar-refractivity contribution is 7.15. The molecule has 5 nitrogen and oxygen atoms in total. The number of para-hydroxylation sites is 1. The van der Waals surface area contributed by atoms with Crippen LogP contribution >= 0.6 is 22.9 Å². The highest BCUT2D eigenvalue weighted by Gasteiger charge is 2.40. The van der Waals surface area contributed by atoms with E-state index in [-0.39, 0.29) is 11.9 Å². The Morgan fingerprint density at radius 3 is 2.84 bits per heavy atom. The van der Waals surface area contributed by atoms with Gasteiger partial charge in [-0.2, -0.15) is 0 Å². The molecule has 2 bridgehead atoms. The summed E-state index contributed by atoms with van der Waals surface area (Å²) in [5, 5.41) is 4.70. The van der Waals surface area contributed by atoms with Crippen LogP contribution in [0.2, 0.25) is 5.02 Å². The summed E-state index contributed by atoms with van der Waals surface area (Å²) in [6.07, 6.45) is 3.89. The second-order valence-electron chi connectivity index (χ2n) is 6.63. The predicted molar refractivity (Wildman–Crippen MR) is 98.7 cm³/mol. The van der Waals surface area contributed by atoms with E-state index in [4.69, 9.17) is 16.3 Å². The smallest absolute Gasteiger partial charge is 0.280 e. The van der Waals surface area contributed by atoms with Gasteiger partial charge in [-0.05, 0) is 50.9 Å². The zero-order valence-electron chi connectivity index (χ0n) is 13.9. The van der Waals surface area contributed by atoms with Gasteiger partial charge in [0.05, 0.1) is 11.2 Å². The van der Waals surface area contributed by atoms with Crippen LogP contribution in [0.5, 0.6) is 10.8 Å². The summed E-state index contributed by atoms with van der Waals surface area (Å²) in [7, 11) is 0. The maximum atomic E-state index is 12.6. The summed E-state index contributed by atoms with van der Waals surface area (Å²) in [5.41, 5.74) is 0. The number of carbonyl (C=O) groups is 1. The van der Waals surface area contributed by atoms with E-state index in [0.29, 0.717) is 32.8 Å². The SMILES string of the molecule is C[C@@H]1[C@H](NC(=O)c2ncc(Oc3ccccc3Cl)s2)C2CCN1CC2. The molecule has 4 heterocycles. The molecule has 3 fully saturated rings. The number of carbonyl (C=O) groups excluding carboxylic acids is 1. The highest BCUT2D eigenvalue weighted by Crippen LogP contribution is 2.34. The minimum atomic E-state index is -0.121. The summed E-state index contributed by atoms with van der Waals surface area (Å²) < 4.78 is 5.74. The Morgan fingerprint density at radius 1 is 1.36 bits per heavy atom. The quantitative estimate of drug-likeness (QED) is 0.880. The molecule has 0 unspecified atom stereocenters. The Balaban J connectivity index is 1.43. The van der Waals surface area contributed by atoms with Gasteiger partial charge in [-0.25, -0.2) is 4.98 Å². The third-order valence-electron chi connectivity index (χ3n) is 5.20. The molecule has 1 N–H and O–H groups in total. The second kappa shape index (κ2) is 6.94. The molecular weight excluding hydrogens is 358 g/mol. The number of halogens is 1. The van der Waals surface area contributed by atoms with Crippen LogP contribution in [-0.2, 0) is 0 Å². The maximum absolute atomic E-state index is 12.6. The van der Waals surface area contributed by atoms with Gasteiger partial charge in [-0.1, -0.05) is 35.1 Å². The van der Waals surface area contributed by atoms with Gasteiger partial charge in [0.15, 0.2) is 5.01 Å². The lowest BCUT2D eigenvalue weighted by atomic mass is 9.79. The van der Waals surface area contributed by atoms with Gasteiger partial charge in [-0.15, -0.1) is 0 Å². The minimum Gasteiger partial charge on any atom is -0.443 e. The van der Waals surface area contributed by atoms with E-state index in [9.17, 15) is 4.79 Å². The lowest BCUT2D eigenvalue weighted by Crippen LogP contribution is -2.62. The average Bonchev–Trinajstić information content (AvgIpc) is 3.09. The number of piperidine rings is 3. The summed E-state index contributed by atoms with van der Waals surface area (Å²) in [6, 6.07) is 7.83. The van der Waals surface area contributed by atoms with Crippen LogP contribution in [0.4, 0.5) is 0 Å². The summed E-state index contributed by atoms with van der Waals surface area (Å²) in [5.74, 6) is 1.01. The van der Waals surface area contributed by atoms with Gasteiger partial charge in [0.25, 0.3) is 5.91 Å². The fourth-order valence-corrected chi connectivity index (χ4v) is 4.66. The first-order valence-electron chi connectivity index (χ1n) is 8.55. The van der Waals surface area contributed by atoms with Crippen molar-refractivity contribution in [2.45, 2.75) is 31.8 Å². The Labute approximate surface area is 156 Å². The second-order valence-corrected chi connectivity index (χ2v) is 8.03. The third kappa shape index (κ3) is 3.38. The Kier molecular flexibility index (Phi) is 4.67. The van der Waals surface area contributed by atoms with Gasteiger partial charge in [0.1, 0.15) is 5.75 Å². The largest absolute Gasteiger partial charge is 0.443 e. The monoisotopic (exact) mass is 377 g/mol. The van der Waals surface area contributed by atoms with E-state index >= 15 is 0 Å². The van der Waals surface area contributed by atoms with Gasteiger partial charge >= 0.3 is 0 Å². The molecule has 25 heavy (non-hydrogen) atoms. The van der Waals surface area contributed by atoms with Crippen molar-refractivity contribution in [1.82, 2.24) is 15.2 Å². The minimum absolute atomic E-state index is 0.121. The molecular formula is C18H20ClN3O2S. The molecule has 3 saturated heterocycles. The van der Waals surface area contributed by atoms with Crippen LogP contribution in [0.15, 0.2) is 30.5 Å². The third-order valence-corrected chi connectivity index (χ3v) is 6.39. The van der Waals surface area contributed by atoms with E-state index in [1.807, 2.05) is 12.1 Å². The van der Waals surface area contributed by atoms with Crippen molar-refractivity contribution >= 4 is 28.8 Å². The molecule has 132 valence electrons. The van der Waals surface area contributed by atoms with E-state index in [0.717, 1.165) is 25.9 Å². The van der Waals surface area contributed by atoms with E-state index in [2.05, 4.69) is 22.1 Å². The zero-order chi connectivity index (χ0) is 17.4. The van der Waals surface area contributed by atoms with Gasteiger partial charge in [0.2, 0.25) is 5.06 Å². The number of nitrogens with one attached hydrogen (secondary N) is 1. The molecule has 0 spiro atoms. The number of fused-ring (bicyclic) bond motifs is 3. The van der Waals surface area contributed by atoms with Crippen molar-refractivity contribution in [3.63, 3.8) is 0 Å². The zero-order valence-corrected chi connectivity index (χ0v) is 15.5. The first kappa shape index (κ1) is 16.8. The molecule has 7 heteroatoms. The lowest BCUT2D eigenvalue weighted by Gasteiger charge is -2.49. The standard InChI is InChI=1S/C18H20ClN3O2S/c1-11-16(12-6-8-22(11)9-7-12)21-17(23)18-20-10-15(25-18)24-14-5-3-2-4-13(14)19/h2-5,10-12,16H,6-9H2,1H3,(H,21,23)/t11-,16+/m1/s1. The molecule has 1 amide bonds. The van der Waals surface area contributed by atoms with Crippen LogP contribution in [0, 0.1) is 5.92 Å². The fourth-order valence-electron chi connectivity index (χ4n) is 3.81. The molecule has 0 aliphatic carbocycles. The van der Waals surface area contributed by atoms with Crippen LogP contribution in [-0.4, -0.2) is 41.0 Å². The predicted octanol–water partition coefficient (Wildman–Crippen LogP) is 3.80. The van der Waals surface area contributed by atoms with Crippen molar-refractivity contribution < 1.29 is 9.53 Å². The van der Waals surface area contributed by atoms with Crippen LogP contribution in [0.25, 0.3) is 0 Å². The number of hydrogen-bond acceptors (Lipinski definition) is 5. The van der Waals surface area contributed by atoms with Crippen molar-refractivity contribution in [2.75, 3.05) is 13.1 Å². The lowest BCUT2D eigenvalue weighted by molar-refractivity contribution is 0.0217. The average molecular weight is 378 g/mol. The number of nitrogens with zero attached hydrogens (tertiary/aromatic N) is 2. The highest BCUT2D eigenvalue weighted by atomic mass is 35.5. The summed E-state index contributed by atoms with van der Waals surface area (Å²) in [4.78, 5) is 19.3. The normalized spacial score (nSPS) is 27.9. The topological polar surface area (TPSA) is 54.5 Å². The number of rotatable bonds is 4. The van der Waals surface area contributed by atoms with Gasteiger partial charge in [-0.3, -0.25) is 9.69 Å². The van der Waals surface area contributed by atoms with E-state index in [1.54, 1.807) is 18.3 Å². The Bertz CT molecular complexity index is 771. The maximum Gasteiger partial charge on any atom is 0.280 e. The first-order valence-corrected chi connectivity index (χ1v) is 9.74. The summed E-state index contributed by atoms with van der Waals surface area (Å²) >= 11 is 7.34. The molecule has 3 aliphatic heterocycles. The molecule has 5 rings (SSSR count). The van der Waals surface area contributed by atoms with Gasteiger partial charge < -0.3 is 10.1 Å². The van der Waals surface area contributed by atoms with Crippen molar-refractivity contribution in [2.24, 2.45) is 5.92 Å². The summed E-state index contributed by atoms with van der Waals surface area (Å²) in [6.45, 7) is 4.49. The number of thiazole rings is 1. The fraction of sp³-hybridized carbons (Fsp3) is 0.444. The van der Waals surface area contributed by atoms with E-state index < -0.39 is 0 Å². The van der Waals surface area contributed by atoms with E-state index in [1.165, 1.54) is 11.3 Å². The molecule has 0 saturated carbocycles. The molecule has 3 aliphatic rings. The number of aromatic nitrogens is 1. The van der Waals surface area contributed by atoms with Crippen LogP contribution in [0.3, 0.4) is 0 Å². The molecule has 1 aromatic heterocycles. The number of hydrogen-bond donors (Lipinski definition) is 1. The van der Waals surface area contributed by atoms with Crippen molar-refractivity contribution in [1.29, 1.82) is 0 Å². The Morgan fingerprint density at radius 2 is 2.12 bits per heavy atom. The molecule has 2 atom stereocenters. The number of benzene rings is 1. The molecule has 2 aromatic rings. The van der Waals surface area contributed by atoms with Gasteiger partial charge in [0, 0.05) is 12.1 Å². The van der Waals surface area contributed by atoms with Crippen LogP contribution < -0.4 is 10.1 Å². The van der Waals surface area contributed by atoms with Crippen LogP contribution in [0.1, 0.15) is 29.6 Å². The van der Waals surface area contributed by atoms with Crippen molar-refractivity contribution in [3.05, 3.63) is 40.5 Å². The number of amides is 1. The Hall–Kier alpha value is -1.63. The molecule has 1 aromatic carbocycles. The number of ether oxygens (including phenoxy) is 1. The van der Waals surface area contributed by atoms with Crippen molar-refractivity contribution in [3.8, 4) is 10.8 Å². The molecule has 0 radical (unpaired) electrons. The first-order chi connectivity index (χ1) is 12.1.